The highest BCUT2D eigenvalue weighted by Crippen LogP contribution is 2.42. The summed E-state index contributed by atoms with van der Waals surface area (Å²) in [6.07, 6.45) is 0. The van der Waals surface area contributed by atoms with E-state index in [1.165, 1.54) is 6.07 Å². The second kappa shape index (κ2) is 6.51. The van der Waals surface area contributed by atoms with Gasteiger partial charge in [0.2, 0.25) is 0 Å². The van der Waals surface area contributed by atoms with Crippen LogP contribution in [0.1, 0.15) is 5.56 Å². The molecule has 0 aromatic heterocycles. The quantitative estimate of drug-likeness (QED) is 0.274. The molecule has 100 valence electrons. The van der Waals surface area contributed by atoms with Gasteiger partial charge in [0.25, 0.3) is 0 Å². The molecule has 10 heteroatoms. The predicted octanol–water partition coefficient (Wildman–Crippen LogP) is 4.04. The molecule has 0 N–H and O–H groups in total. The van der Waals surface area contributed by atoms with Gasteiger partial charge < -0.3 is 10.1 Å². The van der Waals surface area contributed by atoms with Crippen LogP contribution in [0.3, 0.4) is 0 Å². The molecular weight excluding hydrogens is 322 g/mol. The van der Waals surface area contributed by atoms with Crippen LogP contribution in [0.5, 0.6) is 0 Å². The van der Waals surface area contributed by atoms with Crippen LogP contribution in [0.15, 0.2) is 49.6 Å². The SMILES string of the molecule is N#Cc1ccccc1N=N/C(=C1\SSN=C1Cl)[N+](=O)[O-]. The second-order valence-electron chi connectivity index (χ2n) is 3.28. The third kappa shape index (κ3) is 3.16. The Balaban J connectivity index is 2.40. The van der Waals surface area contributed by atoms with E-state index >= 15 is 0 Å². The normalized spacial score (nSPS) is 16.9. The van der Waals surface area contributed by atoms with Crippen molar-refractivity contribution in [1.29, 1.82) is 5.26 Å². The zero-order valence-electron chi connectivity index (χ0n) is 9.56. The third-order valence-corrected chi connectivity index (χ3v) is 4.39. The summed E-state index contributed by atoms with van der Waals surface area (Å²) < 4.78 is 3.75. The van der Waals surface area contributed by atoms with E-state index in [2.05, 4.69) is 14.6 Å². The molecule has 0 saturated heterocycles. The van der Waals surface area contributed by atoms with Gasteiger partial charge in [-0.2, -0.15) is 9.66 Å². The predicted molar refractivity (Wildman–Crippen MR) is 78.2 cm³/mol. The third-order valence-electron chi connectivity index (χ3n) is 2.08. The van der Waals surface area contributed by atoms with Crippen molar-refractivity contribution in [3.05, 3.63) is 50.7 Å². The fourth-order valence-electron chi connectivity index (χ4n) is 1.22. The lowest BCUT2D eigenvalue weighted by Gasteiger charge is -1.95. The molecule has 0 bridgehead atoms. The number of hydrogen-bond donors (Lipinski definition) is 0. The number of hydrogen-bond acceptors (Lipinski definition) is 8. The minimum atomic E-state index is -0.690. The topological polar surface area (TPSA) is 104 Å². The molecule has 0 radical (unpaired) electrons. The van der Waals surface area contributed by atoms with Gasteiger partial charge in [0.1, 0.15) is 11.8 Å². The highest BCUT2D eigenvalue weighted by Gasteiger charge is 2.27. The van der Waals surface area contributed by atoms with Crippen LogP contribution in [0.2, 0.25) is 0 Å². The number of benzene rings is 1. The molecule has 0 aliphatic carbocycles. The first-order valence-corrected chi connectivity index (χ1v) is 7.49. The zero-order valence-corrected chi connectivity index (χ0v) is 11.9. The number of nitrogens with zero attached hydrogens (tertiary/aromatic N) is 5. The largest absolute Gasteiger partial charge is 0.408 e. The molecule has 1 heterocycles. The smallest absolute Gasteiger partial charge is 0.358 e. The molecule has 1 aliphatic heterocycles. The summed E-state index contributed by atoms with van der Waals surface area (Å²) in [6, 6.07) is 8.33. The lowest BCUT2D eigenvalue weighted by Crippen LogP contribution is -2.01. The Morgan fingerprint density at radius 3 is 2.85 bits per heavy atom. The van der Waals surface area contributed by atoms with Gasteiger partial charge in [0.05, 0.1) is 21.7 Å². The first kappa shape index (κ1) is 14.5. The van der Waals surface area contributed by atoms with Gasteiger partial charge in [-0.15, -0.1) is 0 Å². The van der Waals surface area contributed by atoms with Crippen LogP contribution < -0.4 is 0 Å². The summed E-state index contributed by atoms with van der Waals surface area (Å²) in [6.45, 7) is 0. The molecule has 7 nitrogen and oxygen atoms in total. The second-order valence-corrected chi connectivity index (χ2v) is 5.49. The maximum atomic E-state index is 11.0. The summed E-state index contributed by atoms with van der Waals surface area (Å²) in [5.41, 5.74) is 0.524. The maximum absolute atomic E-state index is 11.0. The van der Waals surface area contributed by atoms with E-state index in [1.807, 2.05) is 6.07 Å². The highest BCUT2D eigenvalue weighted by molar-refractivity contribution is 8.78. The van der Waals surface area contributed by atoms with E-state index in [0.717, 1.165) is 21.8 Å². The van der Waals surface area contributed by atoms with E-state index in [-0.39, 0.29) is 21.3 Å². The van der Waals surface area contributed by atoms with Crippen LogP contribution >= 0.6 is 33.4 Å². The number of azo groups is 1. The molecule has 0 saturated carbocycles. The van der Waals surface area contributed by atoms with Crippen LogP contribution in [0, 0.1) is 21.4 Å². The Bertz CT molecular complexity index is 695. The zero-order chi connectivity index (χ0) is 14.5. The van der Waals surface area contributed by atoms with Gasteiger partial charge in [0, 0.05) is 0 Å². The minimum Gasteiger partial charge on any atom is -0.358 e. The molecule has 1 aliphatic rings. The van der Waals surface area contributed by atoms with Crippen LogP contribution in [0.4, 0.5) is 5.69 Å². The first-order valence-electron chi connectivity index (χ1n) is 5.00. The fourth-order valence-corrected chi connectivity index (χ4v) is 3.43. The van der Waals surface area contributed by atoms with Gasteiger partial charge in [-0.3, -0.25) is 0 Å². The van der Waals surface area contributed by atoms with Crippen LogP contribution in [0.25, 0.3) is 0 Å². The van der Waals surface area contributed by atoms with Crippen molar-refractivity contribution in [3.63, 3.8) is 0 Å². The Labute approximate surface area is 126 Å². The Hall–Kier alpha value is -1.89. The number of halogens is 1. The van der Waals surface area contributed by atoms with Crippen molar-refractivity contribution in [2.75, 3.05) is 0 Å². The molecule has 1 aromatic rings. The van der Waals surface area contributed by atoms with Gasteiger partial charge in [-0.1, -0.05) is 23.7 Å². The van der Waals surface area contributed by atoms with Crippen molar-refractivity contribution in [1.82, 2.24) is 0 Å². The maximum Gasteiger partial charge on any atom is 0.408 e. The molecule has 1 aromatic carbocycles. The molecule has 0 amide bonds. The molecular formula is C10H4ClN5O2S2. The molecule has 20 heavy (non-hydrogen) atoms. The fraction of sp³-hybridized carbons (Fsp3) is 0. The molecule has 0 unspecified atom stereocenters. The summed E-state index contributed by atoms with van der Waals surface area (Å²) in [5.74, 6) is -0.499. The summed E-state index contributed by atoms with van der Waals surface area (Å²) in [4.78, 5) is 10.4. The summed E-state index contributed by atoms with van der Waals surface area (Å²) in [5, 5.41) is 27.2. The van der Waals surface area contributed by atoms with E-state index in [0.29, 0.717) is 0 Å². The van der Waals surface area contributed by atoms with Crippen molar-refractivity contribution < 1.29 is 4.92 Å². The lowest BCUT2D eigenvalue weighted by atomic mass is 10.2. The number of allylic oxidation sites excluding steroid dienone is 1. The van der Waals surface area contributed by atoms with Gasteiger partial charge in [-0.05, 0) is 33.0 Å². The van der Waals surface area contributed by atoms with E-state index in [9.17, 15) is 10.1 Å². The van der Waals surface area contributed by atoms with Gasteiger partial charge in [0.15, 0.2) is 10.1 Å². The van der Waals surface area contributed by atoms with Crippen molar-refractivity contribution in [3.8, 4) is 6.07 Å². The summed E-state index contributed by atoms with van der Waals surface area (Å²) in [7, 11) is 2.05. The average molecular weight is 326 g/mol. The van der Waals surface area contributed by atoms with Crippen molar-refractivity contribution in [2.24, 2.45) is 14.6 Å². The van der Waals surface area contributed by atoms with Gasteiger partial charge >= 0.3 is 5.82 Å². The number of rotatable bonds is 3. The Morgan fingerprint density at radius 2 is 2.25 bits per heavy atom. The van der Waals surface area contributed by atoms with E-state index in [4.69, 9.17) is 16.9 Å². The molecule has 0 spiro atoms. The summed E-state index contributed by atoms with van der Waals surface area (Å²) >= 11 is 5.75. The monoisotopic (exact) mass is 325 g/mol. The lowest BCUT2D eigenvalue weighted by molar-refractivity contribution is -0.426. The Morgan fingerprint density at radius 1 is 1.50 bits per heavy atom. The molecule has 0 atom stereocenters. The van der Waals surface area contributed by atoms with Crippen molar-refractivity contribution >= 4 is 44.2 Å². The first-order chi connectivity index (χ1) is 9.63. The van der Waals surface area contributed by atoms with E-state index in [1.54, 1.807) is 18.2 Å². The molecule has 0 fully saturated rings. The average Bonchev–Trinajstić information content (AvgIpc) is 2.85. The highest BCUT2D eigenvalue weighted by atomic mass is 35.5. The minimum absolute atomic E-state index is 0.0132. The molecule has 2 rings (SSSR count). The number of nitro groups is 1. The Kier molecular flexibility index (Phi) is 4.73. The van der Waals surface area contributed by atoms with Crippen molar-refractivity contribution in [2.45, 2.75) is 0 Å². The van der Waals surface area contributed by atoms with Gasteiger partial charge in [-0.25, -0.2) is 0 Å². The van der Waals surface area contributed by atoms with Crippen LogP contribution in [-0.2, 0) is 0 Å². The standard InChI is InChI=1S/C10H4ClN5O2S2/c11-9-8(19-20-15-9)10(16(17)18)14-13-7-4-2-1-3-6(7)5-12/h1-4H/b10-8+,14-13?. The van der Waals surface area contributed by atoms with Crippen LogP contribution in [-0.4, -0.2) is 10.1 Å². The van der Waals surface area contributed by atoms with E-state index < -0.39 is 10.7 Å². The number of nitriles is 1.